The maximum absolute atomic E-state index is 13.1. The lowest BCUT2D eigenvalue weighted by molar-refractivity contribution is -0.154. The Morgan fingerprint density at radius 3 is 2.40 bits per heavy atom. The third-order valence-electron chi connectivity index (χ3n) is 7.88. The molecular weight excluding hydrogens is 444 g/mol. The zero-order chi connectivity index (χ0) is 24.6. The van der Waals surface area contributed by atoms with Crippen molar-refractivity contribution in [2.75, 3.05) is 13.2 Å². The van der Waals surface area contributed by atoms with Crippen LogP contribution in [-0.2, 0) is 14.3 Å². The van der Waals surface area contributed by atoms with Gasteiger partial charge in [-0.2, -0.15) is 0 Å². The van der Waals surface area contributed by atoms with E-state index < -0.39 is 23.6 Å². The molecule has 0 spiro atoms. The van der Waals surface area contributed by atoms with Crippen molar-refractivity contribution in [3.05, 3.63) is 59.7 Å². The number of nitrogens with zero attached hydrogens (tertiary/aromatic N) is 1. The third kappa shape index (κ3) is 4.17. The van der Waals surface area contributed by atoms with Crippen LogP contribution in [0.2, 0.25) is 0 Å². The minimum absolute atomic E-state index is 0.0324. The number of carbonyl (C=O) groups excluding carboxylic acids is 2. The highest BCUT2D eigenvalue weighted by molar-refractivity contribution is 5.91. The molecule has 0 radical (unpaired) electrons. The largest absolute Gasteiger partial charge is 0.479 e. The van der Waals surface area contributed by atoms with Crippen LogP contribution in [0.25, 0.3) is 11.1 Å². The van der Waals surface area contributed by atoms with Crippen molar-refractivity contribution in [1.82, 2.24) is 10.2 Å². The number of aliphatic carboxylic acids is 1. The van der Waals surface area contributed by atoms with Gasteiger partial charge < -0.3 is 20.1 Å². The highest BCUT2D eigenvalue weighted by Crippen LogP contribution is 2.54. The Hall–Kier alpha value is -3.35. The van der Waals surface area contributed by atoms with Gasteiger partial charge in [-0.25, -0.2) is 9.59 Å². The van der Waals surface area contributed by atoms with Crippen molar-refractivity contribution in [3.8, 4) is 11.1 Å². The fraction of sp³-hybridized carbons (Fsp3) is 0.464. The number of likely N-dealkylation sites (tertiary alicyclic amines) is 1. The Morgan fingerprint density at radius 1 is 1.11 bits per heavy atom. The zero-order valence-electron chi connectivity index (χ0n) is 20.0. The van der Waals surface area contributed by atoms with E-state index >= 15 is 0 Å². The number of alkyl carbamates (subject to hydrolysis) is 1. The number of ether oxygens (including phenoxy) is 1. The summed E-state index contributed by atoms with van der Waals surface area (Å²) in [4.78, 5) is 39.4. The Balaban J connectivity index is 1.22. The van der Waals surface area contributed by atoms with Crippen LogP contribution in [0.4, 0.5) is 4.79 Å². The molecule has 2 fully saturated rings. The molecule has 2 aromatic rings. The number of benzene rings is 2. The molecule has 7 nitrogen and oxygen atoms in total. The number of fused-ring (bicyclic) bond motifs is 4. The number of amides is 2. The van der Waals surface area contributed by atoms with Gasteiger partial charge in [-0.05, 0) is 53.9 Å². The fourth-order valence-electron chi connectivity index (χ4n) is 6.11. The standard InChI is InChI=1S/C28H32N2O5/c1-2-8-19(15-25(31)30-14-7-9-18-16-28(18,30)26(32)33)29-27(34)35-17-24-22-12-5-3-10-20(22)21-11-4-6-13-23(21)24/h3-6,10-13,18-19,24H,2,7-9,14-17H2,1H3,(H,29,34)(H,32,33)/t18?,19-,28?/m1/s1. The summed E-state index contributed by atoms with van der Waals surface area (Å²) in [6.45, 7) is 2.67. The maximum Gasteiger partial charge on any atom is 0.407 e. The number of carbonyl (C=O) groups is 3. The molecule has 2 aliphatic carbocycles. The molecule has 2 amide bonds. The average Bonchev–Trinajstić information content (AvgIpc) is 3.54. The summed E-state index contributed by atoms with van der Waals surface area (Å²) in [5.41, 5.74) is 3.59. The molecule has 3 aliphatic rings. The first-order valence-electron chi connectivity index (χ1n) is 12.6. The molecule has 5 rings (SSSR count). The predicted molar refractivity (Wildman–Crippen MR) is 131 cm³/mol. The molecule has 1 aliphatic heterocycles. The molecule has 35 heavy (non-hydrogen) atoms. The fourth-order valence-corrected chi connectivity index (χ4v) is 6.11. The summed E-state index contributed by atoms with van der Waals surface area (Å²) in [6, 6.07) is 15.9. The minimum atomic E-state index is -1.03. The highest BCUT2D eigenvalue weighted by atomic mass is 16.5. The normalized spacial score (nSPS) is 23.0. The summed E-state index contributed by atoms with van der Waals surface area (Å²) < 4.78 is 5.66. The second-order valence-corrected chi connectivity index (χ2v) is 9.98. The van der Waals surface area contributed by atoms with Crippen LogP contribution in [0.15, 0.2) is 48.5 Å². The molecule has 2 N–H and O–H groups in total. The Labute approximate surface area is 205 Å². The molecule has 0 aromatic heterocycles. The predicted octanol–water partition coefficient (Wildman–Crippen LogP) is 4.55. The Bertz CT molecular complexity index is 1100. The highest BCUT2D eigenvalue weighted by Gasteiger charge is 2.66. The third-order valence-corrected chi connectivity index (χ3v) is 7.88. The first kappa shape index (κ1) is 23.4. The topological polar surface area (TPSA) is 95.9 Å². The van der Waals surface area contributed by atoms with Crippen LogP contribution in [0, 0.1) is 5.92 Å². The summed E-state index contributed by atoms with van der Waals surface area (Å²) >= 11 is 0. The van der Waals surface area contributed by atoms with Gasteiger partial charge in [0.2, 0.25) is 5.91 Å². The molecule has 1 heterocycles. The molecule has 0 bridgehead atoms. The lowest BCUT2D eigenvalue weighted by atomic mass is 9.98. The first-order valence-corrected chi connectivity index (χ1v) is 12.6. The van der Waals surface area contributed by atoms with Crippen LogP contribution in [0.3, 0.4) is 0 Å². The number of piperidine rings is 1. The van der Waals surface area contributed by atoms with Gasteiger partial charge in [0.05, 0.1) is 0 Å². The molecule has 2 aromatic carbocycles. The number of carboxylic acid groups (broad SMARTS) is 1. The van der Waals surface area contributed by atoms with Crippen molar-refractivity contribution >= 4 is 18.0 Å². The van der Waals surface area contributed by atoms with Crippen molar-refractivity contribution in [2.45, 2.75) is 62.9 Å². The summed E-state index contributed by atoms with van der Waals surface area (Å²) in [6.07, 6.45) is 3.15. The molecule has 3 atom stereocenters. The van der Waals surface area contributed by atoms with Gasteiger partial charge in [0.25, 0.3) is 0 Å². The smallest absolute Gasteiger partial charge is 0.407 e. The van der Waals surface area contributed by atoms with Crippen molar-refractivity contribution in [1.29, 1.82) is 0 Å². The number of carboxylic acids is 1. The van der Waals surface area contributed by atoms with E-state index in [1.807, 2.05) is 31.2 Å². The van der Waals surface area contributed by atoms with Crippen molar-refractivity contribution < 1.29 is 24.2 Å². The van der Waals surface area contributed by atoms with Gasteiger partial charge in [-0.15, -0.1) is 0 Å². The zero-order valence-corrected chi connectivity index (χ0v) is 20.0. The van der Waals surface area contributed by atoms with Crippen molar-refractivity contribution in [3.63, 3.8) is 0 Å². The maximum atomic E-state index is 13.1. The van der Waals surface area contributed by atoms with Crippen LogP contribution < -0.4 is 5.32 Å². The van der Waals surface area contributed by atoms with E-state index in [1.165, 1.54) is 11.1 Å². The van der Waals surface area contributed by atoms with E-state index in [4.69, 9.17) is 4.74 Å². The SMILES string of the molecule is CCC[C@H](CC(=O)N1CCCC2CC21C(=O)O)NC(=O)OCC1c2ccccc2-c2ccccc21. The van der Waals surface area contributed by atoms with Gasteiger partial charge in [0, 0.05) is 24.9 Å². The van der Waals surface area contributed by atoms with E-state index in [9.17, 15) is 19.5 Å². The quantitative estimate of drug-likeness (QED) is 0.583. The van der Waals surface area contributed by atoms with Crippen LogP contribution in [0.1, 0.15) is 62.5 Å². The van der Waals surface area contributed by atoms with Gasteiger partial charge in [-0.1, -0.05) is 61.9 Å². The Morgan fingerprint density at radius 2 is 1.77 bits per heavy atom. The second kappa shape index (κ2) is 9.36. The molecule has 1 saturated carbocycles. The summed E-state index contributed by atoms with van der Waals surface area (Å²) in [7, 11) is 0. The van der Waals surface area contributed by atoms with Gasteiger partial charge in [0.1, 0.15) is 12.1 Å². The van der Waals surface area contributed by atoms with Crippen molar-refractivity contribution in [2.24, 2.45) is 5.92 Å². The van der Waals surface area contributed by atoms with Gasteiger partial charge in [-0.3, -0.25) is 4.79 Å². The molecular formula is C28H32N2O5. The summed E-state index contributed by atoms with van der Waals surface area (Å²) in [5, 5.41) is 12.6. The number of rotatable bonds is 8. The lowest BCUT2D eigenvalue weighted by Crippen LogP contribution is -2.52. The number of hydrogen-bond donors (Lipinski definition) is 2. The van der Waals surface area contributed by atoms with E-state index in [0.29, 0.717) is 19.4 Å². The van der Waals surface area contributed by atoms with Crippen LogP contribution in [-0.4, -0.2) is 52.7 Å². The summed E-state index contributed by atoms with van der Waals surface area (Å²) in [5.74, 6) is -1.09. The van der Waals surface area contributed by atoms with Crippen LogP contribution in [0.5, 0.6) is 0 Å². The molecule has 2 unspecified atom stereocenters. The molecule has 7 heteroatoms. The number of nitrogens with one attached hydrogen (secondary N) is 1. The molecule has 1 saturated heterocycles. The van der Waals surface area contributed by atoms with Gasteiger partial charge >= 0.3 is 12.1 Å². The van der Waals surface area contributed by atoms with E-state index in [1.54, 1.807) is 4.90 Å². The average molecular weight is 477 g/mol. The Kier molecular flexibility index (Phi) is 6.26. The lowest BCUT2D eigenvalue weighted by Gasteiger charge is -2.34. The van der Waals surface area contributed by atoms with E-state index in [-0.39, 0.29) is 30.8 Å². The minimum Gasteiger partial charge on any atom is -0.479 e. The molecule has 184 valence electrons. The van der Waals surface area contributed by atoms with Crippen LogP contribution >= 0.6 is 0 Å². The van der Waals surface area contributed by atoms with E-state index in [2.05, 4.69) is 29.6 Å². The van der Waals surface area contributed by atoms with Gasteiger partial charge in [0.15, 0.2) is 0 Å². The monoisotopic (exact) mass is 476 g/mol. The van der Waals surface area contributed by atoms with E-state index in [0.717, 1.165) is 30.4 Å². The first-order chi connectivity index (χ1) is 17.0. The second-order valence-electron chi connectivity index (χ2n) is 9.98. The number of hydrogen-bond acceptors (Lipinski definition) is 4.